The summed E-state index contributed by atoms with van der Waals surface area (Å²) in [5.41, 5.74) is 4.60. The van der Waals surface area contributed by atoms with E-state index in [9.17, 15) is 4.79 Å². The van der Waals surface area contributed by atoms with Crippen molar-refractivity contribution in [3.05, 3.63) is 66.0 Å². The van der Waals surface area contributed by atoms with Crippen LogP contribution in [-0.2, 0) is 6.42 Å². The van der Waals surface area contributed by atoms with Gasteiger partial charge in [-0.3, -0.25) is 0 Å². The minimum Gasteiger partial charge on any atom is -0.490 e. The molecule has 2 aromatic carbocycles. The predicted octanol–water partition coefficient (Wildman–Crippen LogP) is 7.49. The number of aromatic nitrogens is 2. The first-order valence-electron chi connectivity index (χ1n) is 14.0. The van der Waals surface area contributed by atoms with E-state index in [4.69, 9.17) is 14.5 Å². The van der Waals surface area contributed by atoms with Crippen LogP contribution in [-0.4, -0.2) is 47.7 Å². The molecule has 2 heterocycles. The first kappa shape index (κ1) is 28.1. The molecule has 0 bridgehead atoms. The molecule has 1 amide bonds. The fourth-order valence-electron chi connectivity index (χ4n) is 5.04. The maximum absolute atomic E-state index is 13.4. The fourth-order valence-corrected chi connectivity index (χ4v) is 5.04. The van der Waals surface area contributed by atoms with Crippen molar-refractivity contribution in [1.29, 1.82) is 0 Å². The van der Waals surface area contributed by atoms with E-state index in [1.165, 1.54) is 5.56 Å². The minimum atomic E-state index is -0.370. The number of rotatable bonds is 9. The van der Waals surface area contributed by atoms with E-state index in [0.29, 0.717) is 37.1 Å². The van der Waals surface area contributed by atoms with Crippen LogP contribution in [0, 0.1) is 12.8 Å². The molecule has 7 nitrogen and oxygen atoms in total. The number of nitrogens with zero attached hydrogens (tertiary/aromatic N) is 4. The van der Waals surface area contributed by atoms with E-state index in [-0.39, 0.29) is 6.09 Å². The number of aryl methyl sites for hydroxylation is 2. The summed E-state index contributed by atoms with van der Waals surface area (Å²) in [6, 6.07) is 8.47. The third-order valence-electron chi connectivity index (χ3n) is 7.42. The molecule has 1 aliphatic rings. The zero-order chi connectivity index (χ0) is 27.9. The Morgan fingerprint density at radius 3 is 2.46 bits per heavy atom. The predicted molar refractivity (Wildman–Crippen MR) is 159 cm³/mol. The van der Waals surface area contributed by atoms with Gasteiger partial charge < -0.3 is 19.3 Å². The molecule has 0 spiro atoms. The van der Waals surface area contributed by atoms with Gasteiger partial charge >= 0.3 is 6.09 Å². The summed E-state index contributed by atoms with van der Waals surface area (Å²) in [5.74, 6) is 2.11. The first-order valence-corrected chi connectivity index (χ1v) is 14.0. The molecule has 0 N–H and O–H groups in total. The average Bonchev–Trinajstić information content (AvgIpc) is 2.98. The number of anilines is 2. The van der Waals surface area contributed by atoms with Crippen molar-refractivity contribution >= 4 is 34.6 Å². The number of carbonyl (C=O) groups is 1. The van der Waals surface area contributed by atoms with Gasteiger partial charge in [-0.15, -0.1) is 6.58 Å². The van der Waals surface area contributed by atoms with E-state index in [1.807, 2.05) is 33.0 Å². The lowest BCUT2D eigenvalue weighted by atomic mass is 9.97. The van der Waals surface area contributed by atoms with Crippen LogP contribution in [0.4, 0.5) is 16.3 Å². The van der Waals surface area contributed by atoms with E-state index < -0.39 is 0 Å². The highest BCUT2D eigenvalue weighted by Crippen LogP contribution is 2.45. The molecule has 0 saturated carbocycles. The van der Waals surface area contributed by atoms with Gasteiger partial charge in [-0.25, -0.2) is 14.8 Å². The Bertz CT molecular complexity index is 1340. The number of carbonyl (C=O) groups excluding carboxylic acids is 1. The van der Waals surface area contributed by atoms with Gasteiger partial charge in [0.2, 0.25) is 0 Å². The molecule has 0 unspecified atom stereocenters. The van der Waals surface area contributed by atoms with Crippen molar-refractivity contribution in [2.45, 2.75) is 53.4 Å². The number of allylic oxidation sites excluding steroid dienone is 2. The number of hydrogen-bond acceptors (Lipinski definition) is 6. The normalized spacial score (nSPS) is 14.1. The number of piperidine rings is 1. The third kappa shape index (κ3) is 5.92. The van der Waals surface area contributed by atoms with Crippen molar-refractivity contribution in [3.63, 3.8) is 0 Å². The van der Waals surface area contributed by atoms with Gasteiger partial charge in [-0.1, -0.05) is 44.2 Å². The monoisotopic (exact) mass is 528 g/mol. The van der Waals surface area contributed by atoms with Crippen molar-refractivity contribution in [1.82, 2.24) is 14.9 Å². The van der Waals surface area contributed by atoms with E-state index in [2.05, 4.69) is 60.7 Å². The lowest BCUT2D eigenvalue weighted by molar-refractivity contribution is 0.134. The van der Waals surface area contributed by atoms with Gasteiger partial charge in [0.15, 0.2) is 11.5 Å². The topological polar surface area (TPSA) is 67.8 Å². The zero-order valence-electron chi connectivity index (χ0n) is 23.9. The molecule has 39 heavy (non-hydrogen) atoms. The van der Waals surface area contributed by atoms with Gasteiger partial charge in [0, 0.05) is 37.0 Å². The Labute approximate surface area is 232 Å². The van der Waals surface area contributed by atoms with Gasteiger partial charge in [0.1, 0.15) is 12.1 Å². The van der Waals surface area contributed by atoms with Crippen LogP contribution in [0.3, 0.4) is 0 Å². The number of likely N-dealkylation sites (tertiary alicyclic amines) is 1. The van der Waals surface area contributed by atoms with Crippen LogP contribution < -0.4 is 14.4 Å². The molecule has 1 saturated heterocycles. The molecular weight excluding hydrogens is 488 g/mol. The number of benzene rings is 2. The summed E-state index contributed by atoms with van der Waals surface area (Å²) < 4.78 is 12.3. The Hall–Kier alpha value is -3.87. The number of fused-ring (bicyclic) bond motifs is 1. The highest BCUT2D eigenvalue weighted by Gasteiger charge is 2.28. The number of hydrogen-bond donors (Lipinski definition) is 0. The van der Waals surface area contributed by atoms with Crippen LogP contribution in [0.25, 0.3) is 17.0 Å². The van der Waals surface area contributed by atoms with Crippen molar-refractivity contribution in [3.8, 4) is 11.5 Å². The standard InChI is InChI=1S/C32H40N4O3/c1-7-11-12-26-27-28(33-21-34-31(27)35(6)25-15-13-23(8-2)14-16-25)22(5)29(38-10-4)30(26)39-32(37)36-19-17-24(9-3)18-20-36/h9,11-16,21,24H,3,7-8,10,17-20H2,1-2,4-6H3/b12-11+. The summed E-state index contributed by atoms with van der Waals surface area (Å²) in [6.45, 7) is 13.7. The Kier molecular flexibility index (Phi) is 9.23. The van der Waals surface area contributed by atoms with Crippen molar-refractivity contribution in [2.24, 2.45) is 5.92 Å². The molecule has 0 atom stereocenters. The molecule has 7 heteroatoms. The molecular formula is C32H40N4O3. The fraction of sp³-hybridized carbons (Fsp3) is 0.406. The molecule has 1 fully saturated rings. The zero-order valence-corrected chi connectivity index (χ0v) is 23.9. The molecule has 206 valence electrons. The van der Waals surface area contributed by atoms with E-state index in [0.717, 1.165) is 59.2 Å². The quantitative estimate of drug-likeness (QED) is 0.268. The second-order valence-electron chi connectivity index (χ2n) is 9.87. The highest BCUT2D eigenvalue weighted by atomic mass is 16.6. The summed E-state index contributed by atoms with van der Waals surface area (Å²) in [6.07, 6.45) is 10.8. The van der Waals surface area contributed by atoms with Crippen LogP contribution >= 0.6 is 0 Å². The average molecular weight is 529 g/mol. The van der Waals surface area contributed by atoms with Gasteiger partial charge in [0.25, 0.3) is 0 Å². The summed E-state index contributed by atoms with van der Waals surface area (Å²) in [7, 11) is 2.00. The lowest BCUT2D eigenvalue weighted by Gasteiger charge is -2.30. The first-order chi connectivity index (χ1) is 18.9. The van der Waals surface area contributed by atoms with Crippen LogP contribution in [0.1, 0.15) is 56.7 Å². The maximum Gasteiger partial charge on any atom is 0.415 e. The highest BCUT2D eigenvalue weighted by molar-refractivity contribution is 6.03. The third-order valence-corrected chi connectivity index (χ3v) is 7.42. The largest absolute Gasteiger partial charge is 0.490 e. The molecule has 1 aromatic heterocycles. The Morgan fingerprint density at radius 2 is 1.85 bits per heavy atom. The molecule has 0 aliphatic carbocycles. The van der Waals surface area contributed by atoms with Crippen LogP contribution in [0.15, 0.2) is 49.3 Å². The SMILES string of the molecule is C=CC1CCN(C(=O)Oc2c(OCC)c(C)c3ncnc(N(C)c4ccc(CC)cc4)c3c2/C=C/CC)CC1. The smallest absolute Gasteiger partial charge is 0.415 e. The Balaban J connectivity index is 1.88. The van der Waals surface area contributed by atoms with Gasteiger partial charge in [-0.05, 0) is 63.1 Å². The summed E-state index contributed by atoms with van der Waals surface area (Å²) in [5, 5.41) is 0.818. The van der Waals surface area contributed by atoms with E-state index >= 15 is 0 Å². The lowest BCUT2D eigenvalue weighted by Crippen LogP contribution is -2.40. The summed E-state index contributed by atoms with van der Waals surface area (Å²) >= 11 is 0. The minimum absolute atomic E-state index is 0.370. The Morgan fingerprint density at radius 1 is 1.13 bits per heavy atom. The van der Waals surface area contributed by atoms with Crippen LogP contribution in [0.5, 0.6) is 11.5 Å². The molecule has 1 aliphatic heterocycles. The molecule has 3 aromatic rings. The molecule has 0 radical (unpaired) electrons. The van der Waals surface area contributed by atoms with Crippen molar-refractivity contribution in [2.75, 3.05) is 31.6 Å². The second kappa shape index (κ2) is 12.8. The number of amides is 1. The van der Waals surface area contributed by atoms with Crippen LogP contribution in [0.2, 0.25) is 0 Å². The summed E-state index contributed by atoms with van der Waals surface area (Å²) in [4.78, 5) is 26.7. The van der Waals surface area contributed by atoms with Crippen molar-refractivity contribution < 1.29 is 14.3 Å². The second-order valence-corrected chi connectivity index (χ2v) is 9.87. The maximum atomic E-state index is 13.4. The van der Waals surface area contributed by atoms with Gasteiger partial charge in [0.05, 0.1) is 17.5 Å². The van der Waals surface area contributed by atoms with Gasteiger partial charge in [-0.2, -0.15) is 0 Å². The number of ether oxygens (including phenoxy) is 2. The van der Waals surface area contributed by atoms with E-state index in [1.54, 1.807) is 11.2 Å². The molecule has 4 rings (SSSR count).